The van der Waals surface area contributed by atoms with E-state index in [9.17, 15) is 13.2 Å². The molecular weight excluding hydrogens is 432 g/mol. The van der Waals surface area contributed by atoms with Gasteiger partial charge in [-0.3, -0.25) is 4.79 Å². The van der Waals surface area contributed by atoms with E-state index in [1.807, 2.05) is 25.1 Å². The second-order valence-electron chi connectivity index (χ2n) is 6.32. The number of hydrogen-bond donors (Lipinski definition) is 0. The lowest BCUT2D eigenvalue weighted by atomic mass is 10.2. The fourth-order valence-corrected chi connectivity index (χ4v) is 4.92. The maximum Gasteiger partial charge on any atom is 0.260 e. The monoisotopic (exact) mass is 452 g/mol. The molecular formula is C19H21BrN2O4S. The molecule has 1 fully saturated rings. The van der Waals surface area contributed by atoms with Crippen molar-refractivity contribution in [3.63, 3.8) is 0 Å². The molecule has 144 valence electrons. The number of ether oxygens (including phenoxy) is 1. The minimum atomic E-state index is -3.52. The number of halogens is 1. The molecule has 0 bridgehead atoms. The van der Waals surface area contributed by atoms with Gasteiger partial charge >= 0.3 is 0 Å². The summed E-state index contributed by atoms with van der Waals surface area (Å²) in [5, 5.41) is 0. The minimum absolute atomic E-state index is 0.0763. The number of rotatable bonds is 5. The summed E-state index contributed by atoms with van der Waals surface area (Å²) in [6.07, 6.45) is 0. The third kappa shape index (κ3) is 4.69. The Morgan fingerprint density at radius 1 is 1.07 bits per heavy atom. The number of benzene rings is 2. The van der Waals surface area contributed by atoms with Gasteiger partial charge in [0.25, 0.3) is 5.91 Å². The summed E-state index contributed by atoms with van der Waals surface area (Å²) in [5.41, 5.74) is 1.09. The zero-order valence-corrected chi connectivity index (χ0v) is 17.4. The molecule has 0 radical (unpaired) electrons. The van der Waals surface area contributed by atoms with E-state index in [-0.39, 0.29) is 30.5 Å². The van der Waals surface area contributed by atoms with Crippen molar-refractivity contribution in [1.29, 1.82) is 0 Å². The Hall–Kier alpha value is -1.90. The van der Waals surface area contributed by atoms with Crippen molar-refractivity contribution < 1.29 is 17.9 Å². The quantitative estimate of drug-likeness (QED) is 0.699. The van der Waals surface area contributed by atoms with Crippen LogP contribution in [0.2, 0.25) is 0 Å². The molecule has 0 spiro atoms. The summed E-state index contributed by atoms with van der Waals surface area (Å²) < 4.78 is 33.1. The Morgan fingerprint density at radius 2 is 1.74 bits per heavy atom. The number of carbonyl (C=O) groups excluding carboxylic acids is 1. The van der Waals surface area contributed by atoms with Gasteiger partial charge in [0, 0.05) is 26.2 Å². The van der Waals surface area contributed by atoms with Crippen LogP contribution in [-0.2, 0) is 14.8 Å². The van der Waals surface area contributed by atoms with Crippen LogP contribution in [0.1, 0.15) is 5.56 Å². The van der Waals surface area contributed by atoms with Crippen molar-refractivity contribution in [3.05, 3.63) is 58.6 Å². The first kappa shape index (κ1) is 19.9. The van der Waals surface area contributed by atoms with E-state index in [1.54, 1.807) is 35.2 Å². The van der Waals surface area contributed by atoms with Crippen molar-refractivity contribution in [2.75, 3.05) is 32.8 Å². The smallest absolute Gasteiger partial charge is 0.260 e. The van der Waals surface area contributed by atoms with E-state index in [0.29, 0.717) is 18.8 Å². The van der Waals surface area contributed by atoms with E-state index in [2.05, 4.69) is 15.9 Å². The highest BCUT2D eigenvalue weighted by Gasteiger charge is 2.30. The highest BCUT2D eigenvalue weighted by Crippen LogP contribution is 2.25. The van der Waals surface area contributed by atoms with E-state index in [1.165, 1.54) is 4.31 Å². The summed E-state index contributed by atoms with van der Waals surface area (Å²) >= 11 is 3.42. The van der Waals surface area contributed by atoms with Crippen LogP contribution in [-0.4, -0.2) is 56.3 Å². The molecule has 3 rings (SSSR count). The van der Waals surface area contributed by atoms with Gasteiger partial charge in [0.05, 0.1) is 9.37 Å². The molecule has 0 atom stereocenters. The molecule has 1 heterocycles. The second kappa shape index (κ2) is 8.41. The Morgan fingerprint density at radius 3 is 2.37 bits per heavy atom. The number of carbonyl (C=O) groups is 1. The molecule has 1 aliphatic heterocycles. The van der Waals surface area contributed by atoms with Crippen LogP contribution in [0.15, 0.2) is 57.9 Å². The first-order valence-electron chi connectivity index (χ1n) is 8.60. The first-order valence-corrected chi connectivity index (χ1v) is 10.8. The van der Waals surface area contributed by atoms with Gasteiger partial charge < -0.3 is 9.64 Å². The maximum absolute atomic E-state index is 12.6. The Balaban J connectivity index is 1.55. The lowest BCUT2D eigenvalue weighted by Crippen LogP contribution is -2.51. The molecule has 1 saturated heterocycles. The van der Waals surface area contributed by atoms with Crippen LogP contribution < -0.4 is 4.74 Å². The standard InChI is InChI=1S/C19H21BrN2O4S/c1-15-7-8-18(17(20)13-15)26-14-19(23)21-9-11-22(12-10-21)27(24,25)16-5-3-2-4-6-16/h2-8,13H,9-12,14H2,1H3. The molecule has 0 saturated carbocycles. The number of sulfonamides is 1. The summed E-state index contributed by atoms with van der Waals surface area (Å²) in [4.78, 5) is 14.3. The van der Waals surface area contributed by atoms with Crippen molar-refractivity contribution >= 4 is 31.9 Å². The normalized spacial score (nSPS) is 15.6. The minimum Gasteiger partial charge on any atom is -0.483 e. The molecule has 0 N–H and O–H groups in total. The first-order chi connectivity index (χ1) is 12.9. The zero-order chi connectivity index (χ0) is 19.4. The van der Waals surface area contributed by atoms with Crippen molar-refractivity contribution in [3.8, 4) is 5.75 Å². The predicted octanol–water partition coefficient (Wildman–Crippen LogP) is 2.67. The Kier molecular flexibility index (Phi) is 6.18. The average molecular weight is 453 g/mol. The lowest BCUT2D eigenvalue weighted by molar-refractivity contribution is -0.134. The van der Waals surface area contributed by atoms with Gasteiger partial charge in [0.2, 0.25) is 10.0 Å². The number of nitrogens with zero attached hydrogens (tertiary/aromatic N) is 2. The SMILES string of the molecule is Cc1ccc(OCC(=O)N2CCN(S(=O)(=O)c3ccccc3)CC2)c(Br)c1. The number of aryl methyl sites for hydroxylation is 1. The maximum atomic E-state index is 12.6. The average Bonchev–Trinajstić information content (AvgIpc) is 2.68. The number of piperazine rings is 1. The third-order valence-electron chi connectivity index (χ3n) is 4.41. The molecule has 1 aliphatic rings. The number of hydrogen-bond acceptors (Lipinski definition) is 4. The van der Waals surface area contributed by atoms with Crippen molar-refractivity contribution in [2.45, 2.75) is 11.8 Å². The molecule has 2 aromatic carbocycles. The fourth-order valence-electron chi connectivity index (χ4n) is 2.87. The zero-order valence-electron chi connectivity index (χ0n) is 15.0. The molecule has 2 aromatic rings. The summed E-state index contributed by atoms with van der Waals surface area (Å²) in [6, 6.07) is 14.0. The number of amides is 1. The molecule has 1 amide bonds. The van der Waals surface area contributed by atoms with E-state index >= 15 is 0 Å². The molecule has 0 aromatic heterocycles. The topological polar surface area (TPSA) is 66.9 Å². The largest absolute Gasteiger partial charge is 0.483 e. The van der Waals surface area contributed by atoms with Gasteiger partial charge in [-0.05, 0) is 52.7 Å². The van der Waals surface area contributed by atoms with Crippen LogP contribution in [0.5, 0.6) is 5.75 Å². The molecule has 0 aliphatic carbocycles. The van der Waals surface area contributed by atoms with Crippen LogP contribution in [0.4, 0.5) is 0 Å². The molecule has 0 unspecified atom stereocenters. The van der Waals surface area contributed by atoms with Gasteiger partial charge in [0.15, 0.2) is 6.61 Å². The predicted molar refractivity (Wildman–Crippen MR) is 106 cm³/mol. The van der Waals surface area contributed by atoms with Crippen LogP contribution in [0.3, 0.4) is 0 Å². The summed E-state index contributed by atoms with van der Waals surface area (Å²) in [7, 11) is -3.52. The fraction of sp³-hybridized carbons (Fsp3) is 0.316. The van der Waals surface area contributed by atoms with Crippen LogP contribution in [0.25, 0.3) is 0 Å². The summed E-state index contributed by atoms with van der Waals surface area (Å²) in [5.74, 6) is 0.457. The van der Waals surface area contributed by atoms with E-state index < -0.39 is 10.0 Å². The Bertz CT molecular complexity index is 911. The highest BCUT2D eigenvalue weighted by atomic mass is 79.9. The van der Waals surface area contributed by atoms with Crippen LogP contribution in [0, 0.1) is 6.92 Å². The van der Waals surface area contributed by atoms with Gasteiger partial charge in [-0.15, -0.1) is 0 Å². The second-order valence-corrected chi connectivity index (χ2v) is 9.11. The molecule has 27 heavy (non-hydrogen) atoms. The van der Waals surface area contributed by atoms with E-state index in [4.69, 9.17) is 4.74 Å². The molecule has 6 nitrogen and oxygen atoms in total. The van der Waals surface area contributed by atoms with Gasteiger partial charge in [-0.2, -0.15) is 4.31 Å². The van der Waals surface area contributed by atoms with Gasteiger partial charge in [-0.1, -0.05) is 24.3 Å². The van der Waals surface area contributed by atoms with Crippen molar-refractivity contribution in [1.82, 2.24) is 9.21 Å². The Labute approximate surface area is 167 Å². The van der Waals surface area contributed by atoms with Crippen molar-refractivity contribution in [2.24, 2.45) is 0 Å². The third-order valence-corrected chi connectivity index (χ3v) is 6.94. The molecule has 8 heteroatoms. The highest BCUT2D eigenvalue weighted by molar-refractivity contribution is 9.10. The summed E-state index contributed by atoms with van der Waals surface area (Å²) in [6.45, 7) is 3.15. The van der Waals surface area contributed by atoms with E-state index in [0.717, 1.165) is 10.0 Å². The lowest BCUT2D eigenvalue weighted by Gasteiger charge is -2.34. The van der Waals surface area contributed by atoms with Crippen LogP contribution >= 0.6 is 15.9 Å². The van der Waals surface area contributed by atoms with Gasteiger partial charge in [0.1, 0.15) is 5.75 Å². The van der Waals surface area contributed by atoms with Gasteiger partial charge in [-0.25, -0.2) is 8.42 Å².